The van der Waals surface area contributed by atoms with Crippen molar-refractivity contribution in [2.75, 3.05) is 0 Å². The van der Waals surface area contributed by atoms with Crippen LogP contribution in [0.5, 0.6) is 0 Å². The Labute approximate surface area is 127 Å². The van der Waals surface area contributed by atoms with Crippen LogP contribution in [0, 0.1) is 0 Å². The zero-order valence-electron chi connectivity index (χ0n) is 11.4. The molecule has 0 aliphatic rings. The molecule has 0 atom stereocenters. The van der Waals surface area contributed by atoms with Gasteiger partial charge in [-0.05, 0) is 22.4 Å². The number of rotatable bonds is 2. The fourth-order valence-corrected chi connectivity index (χ4v) is 3.38. The van der Waals surface area contributed by atoms with Gasteiger partial charge in [0, 0.05) is 11.8 Å². The molecule has 0 amide bonds. The highest BCUT2D eigenvalue weighted by atomic mass is 32.1. The normalized spacial score (nSPS) is 10.9. The van der Waals surface area contributed by atoms with Gasteiger partial charge in [0.1, 0.15) is 5.01 Å². The van der Waals surface area contributed by atoms with Gasteiger partial charge in [0.25, 0.3) is 0 Å². The Bertz CT molecular complexity index is 894. The van der Waals surface area contributed by atoms with E-state index in [9.17, 15) is 0 Å². The first-order chi connectivity index (χ1) is 10.4. The topological polar surface area (TPSA) is 12.9 Å². The molecule has 0 unspecified atom stereocenters. The van der Waals surface area contributed by atoms with E-state index in [1.165, 1.54) is 26.8 Å². The number of hydrogen-bond acceptors (Lipinski definition) is 2. The van der Waals surface area contributed by atoms with Crippen LogP contribution in [0.4, 0.5) is 0 Å². The molecule has 100 valence electrons. The fraction of sp³-hybridized carbons (Fsp3) is 0. The SMILES string of the molecule is c1ccc(-c2cnc(-c3ccc4ccccc4c3)s2)cc1. The number of benzene rings is 3. The summed E-state index contributed by atoms with van der Waals surface area (Å²) in [5.41, 5.74) is 2.41. The average Bonchev–Trinajstić information content (AvgIpc) is 3.05. The molecule has 3 aromatic carbocycles. The Hall–Kier alpha value is -2.45. The highest BCUT2D eigenvalue weighted by molar-refractivity contribution is 7.18. The molecular formula is C19H13NS. The second-order valence-corrected chi connectivity index (χ2v) is 5.99. The Morgan fingerprint density at radius 3 is 2.29 bits per heavy atom. The summed E-state index contributed by atoms with van der Waals surface area (Å²) in [5, 5.41) is 3.59. The second kappa shape index (κ2) is 5.15. The van der Waals surface area contributed by atoms with E-state index in [1.54, 1.807) is 11.3 Å². The summed E-state index contributed by atoms with van der Waals surface area (Å²) >= 11 is 1.74. The van der Waals surface area contributed by atoms with Gasteiger partial charge in [-0.15, -0.1) is 11.3 Å². The monoisotopic (exact) mass is 287 g/mol. The molecule has 21 heavy (non-hydrogen) atoms. The summed E-state index contributed by atoms with van der Waals surface area (Å²) in [6.07, 6.45) is 1.96. The van der Waals surface area contributed by atoms with Gasteiger partial charge in [0.05, 0.1) is 4.88 Å². The van der Waals surface area contributed by atoms with Crippen LogP contribution in [-0.4, -0.2) is 4.98 Å². The van der Waals surface area contributed by atoms with Gasteiger partial charge in [0.15, 0.2) is 0 Å². The molecule has 1 aromatic heterocycles. The lowest BCUT2D eigenvalue weighted by Crippen LogP contribution is -1.76. The van der Waals surface area contributed by atoms with E-state index in [0.29, 0.717) is 0 Å². The van der Waals surface area contributed by atoms with Gasteiger partial charge in [-0.3, -0.25) is 0 Å². The Morgan fingerprint density at radius 1 is 0.667 bits per heavy atom. The minimum absolute atomic E-state index is 1.07. The molecule has 4 aromatic rings. The van der Waals surface area contributed by atoms with Crippen LogP contribution in [0.3, 0.4) is 0 Å². The van der Waals surface area contributed by atoms with Crippen molar-refractivity contribution in [3.05, 3.63) is 79.0 Å². The van der Waals surface area contributed by atoms with Crippen LogP contribution in [0.15, 0.2) is 79.0 Å². The van der Waals surface area contributed by atoms with Crippen LogP contribution in [0.1, 0.15) is 0 Å². The van der Waals surface area contributed by atoms with Crippen molar-refractivity contribution in [3.8, 4) is 21.0 Å². The molecule has 2 heteroatoms. The van der Waals surface area contributed by atoms with Gasteiger partial charge < -0.3 is 0 Å². The Balaban J connectivity index is 1.77. The van der Waals surface area contributed by atoms with Crippen molar-refractivity contribution in [2.45, 2.75) is 0 Å². The summed E-state index contributed by atoms with van der Waals surface area (Å²) in [6.45, 7) is 0. The van der Waals surface area contributed by atoms with Crippen LogP contribution in [0.2, 0.25) is 0 Å². The summed E-state index contributed by atoms with van der Waals surface area (Å²) < 4.78 is 0. The van der Waals surface area contributed by atoms with Crippen molar-refractivity contribution < 1.29 is 0 Å². The summed E-state index contributed by atoms with van der Waals surface area (Å²) in [4.78, 5) is 5.80. The zero-order chi connectivity index (χ0) is 14.1. The number of thiazole rings is 1. The van der Waals surface area contributed by atoms with E-state index in [-0.39, 0.29) is 0 Å². The molecule has 0 spiro atoms. The Morgan fingerprint density at radius 2 is 1.43 bits per heavy atom. The molecule has 0 saturated heterocycles. The lowest BCUT2D eigenvalue weighted by atomic mass is 10.1. The van der Waals surface area contributed by atoms with Crippen molar-refractivity contribution in [1.29, 1.82) is 0 Å². The molecule has 0 aliphatic carbocycles. The third-order valence-electron chi connectivity index (χ3n) is 3.56. The maximum atomic E-state index is 4.59. The molecule has 0 radical (unpaired) electrons. The van der Waals surface area contributed by atoms with Gasteiger partial charge >= 0.3 is 0 Å². The molecule has 0 fully saturated rings. The van der Waals surface area contributed by atoms with E-state index in [0.717, 1.165) is 5.01 Å². The molecule has 1 heterocycles. The average molecular weight is 287 g/mol. The van der Waals surface area contributed by atoms with Crippen LogP contribution < -0.4 is 0 Å². The number of fused-ring (bicyclic) bond motifs is 1. The first-order valence-electron chi connectivity index (χ1n) is 6.90. The molecule has 0 aliphatic heterocycles. The number of aromatic nitrogens is 1. The lowest BCUT2D eigenvalue weighted by molar-refractivity contribution is 1.42. The summed E-state index contributed by atoms with van der Waals surface area (Å²) in [5.74, 6) is 0. The van der Waals surface area contributed by atoms with Gasteiger partial charge in [-0.1, -0.05) is 66.7 Å². The maximum absolute atomic E-state index is 4.59. The maximum Gasteiger partial charge on any atom is 0.123 e. The van der Waals surface area contributed by atoms with Crippen LogP contribution >= 0.6 is 11.3 Å². The number of hydrogen-bond donors (Lipinski definition) is 0. The first kappa shape index (κ1) is 12.3. The molecule has 0 N–H and O–H groups in total. The van der Waals surface area contributed by atoms with E-state index in [2.05, 4.69) is 71.7 Å². The van der Waals surface area contributed by atoms with E-state index in [4.69, 9.17) is 0 Å². The highest BCUT2D eigenvalue weighted by Crippen LogP contribution is 2.33. The molecule has 0 saturated carbocycles. The van der Waals surface area contributed by atoms with E-state index >= 15 is 0 Å². The van der Waals surface area contributed by atoms with E-state index in [1.807, 2.05) is 12.3 Å². The van der Waals surface area contributed by atoms with Gasteiger partial charge in [0.2, 0.25) is 0 Å². The number of nitrogens with zero attached hydrogens (tertiary/aromatic N) is 1. The minimum Gasteiger partial charge on any atom is -0.244 e. The molecular weight excluding hydrogens is 274 g/mol. The van der Waals surface area contributed by atoms with Gasteiger partial charge in [-0.25, -0.2) is 4.98 Å². The standard InChI is InChI=1S/C19H13NS/c1-2-7-15(8-3-1)18-13-20-19(21-18)17-11-10-14-6-4-5-9-16(14)12-17/h1-13H. The Kier molecular flexibility index (Phi) is 3.02. The van der Waals surface area contributed by atoms with Crippen molar-refractivity contribution >= 4 is 22.1 Å². The summed E-state index contributed by atoms with van der Waals surface area (Å²) in [7, 11) is 0. The predicted molar refractivity (Wildman–Crippen MR) is 90.5 cm³/mol. The van der Waals surface area contributed by atoms with Crippen molar-refractivity contribution in [2.24, 2.45) is 0 Å². The second-order valence-electron chi connectivity index (χ2n) is 4.96. The van der Waals surface area contributed by atoms with E-state index < -0.39 is 0 Å². The van der Waals surface area contributed by atoms with Crippen LogP contribution in [-0.2, 0) is 0 Å². The lowest BCUT2D eigenvalue weighted by Gasteiger charge is -2.00. The third-order valence-corrected chi connectivity index (χ3v) is 4.66. The smallest absolute Gasteiger partial charge is 0.123 e. The molecule has 1 nitrogen and oxygen atoms in total. The first-order valence-corrected chi connectivity index (χ1v) is 7.72. The zero-order valence-corrected chi connectivity index (χ0v) is 12.2. The molecule has 4 rings (SSSR count). The van der Waals surface area contributed by atoms with Crippen molar-refractivity contribution in [1.82, 2.24) is 4.98 Å². The van der Waals surface area contributed by atoms with Gasteiger partial charge in [-0.2, -0.15) is 0 Å². The highest BCUT2D eigenvalue weighted by Gasteiger charge is 2.06. The third kappa shape index (κ3) is 2.34. The van der Waals surface area contributed by atoms with Crippen LogP contribution in [0.25, 0.3) is 31.8 Å². The minimum atomic E-state index is 1.07. The predicted octanol–water partition coefficient (Wildman–Crippen LogP) is 5.63. The fourth-order valence-electron chi connectivity index (χ4n) is 2.47. The van der Waals surface area contributed by atoms with Crippen molar-refractivity contribution in [3.63, 3.8) is 0 Å². The summed E-state index contributed by atoms with van der Waals surface area (Å²) in [6, 6.07) is 25.3. The quantitative estimate of drug-likeness (QED) is 0.465. The largest absolute Gasteiger partial charge is 0.244 e. The molecule has 0 bridgehead atoms.